The van der Waals surface area contributed by atoms with Crippen molar-refractivity contribution in [3.05, 3.63) is 29.8 Å². The Kier molecular flexibility index (Phi) is 4.43. The lowest BCUT2D eigenvalue weighted by Crippen LogP contribution is -2.42. The number of anilines is 1. The Morgan fingerprint density at radius 3 is 2.58 bits per heavy atom. The Labute approximate surface area is 114 Å². The van der Waals surface area contributed by atoms with Crippen LogP contribution in [0.5, 0.6) is 0 Å². The minimum absolute atomic E-state index is 0.0244. The molecule has 0 saturated carbocycles. The van der Waals surface area contributed by atoms with Gasteiger partial charge in [-0.25, -0.2) is 4.79 Å². The topological polar surface area (TPSA) is 55.6 Å². The van der Waals surface area contributed by atoms with E-state index in [1.165, 1.54) is 5.56 Å². The third-order valence-electron chi connectivity index (χ3n) is 3.52. The maximum absolute atomic E-state index is 12.0. The summed E-state index contributed by atoms with van der Waals surface area (Å²) in [6.45, 7) is 5.56. The van der Waals surface area contributed by atoms with Gasteiger partial charge in [-0.05, 0) is 36.6 Å². The van der Waals surface area contributed by atoms with Gasteiger partial charge in [-0.2, -0.15) is 0 Å². The van der Waals surface area contributed by atoms with E-state index in [1.54, 1.807) is 4.90 Å². The van der Waals surface area contributed by atoms with Crippen molar-refractivity contribution >= 4 is 11.8 Å². The zero-order chi connectivity index (χ0) is 13.8. The summed E-state index contributed by atoms with van der Waals surface area (Å²) in [4.78, 5) is 13.7. The van der Waals surface area contributed by atoms with Gasteiger partial charge in [0.15, 0.2) is 0 Å². The molecule has 4 nitrogen and oxygen atoms in total. The molecule has 0 spiro atoms. The quantitative estimate of drug-likeness (QED) is 0.907. The van der Waals surface area contributed by atoms with Crippen molar-refractivity contribution < 1.29 is 9.53 Å². The maximum atomic E-state index is 12.0. The molecule has 0 bridgehead atoms. The molecule has 0 aromatic heterocycles. The lowest BCUT2D eigenvalue weighted by molar-refractivity contribution is 0.0807. The van der Waals surface area contributed by atoms with Gasteiger partial charge in [-0.1, -0.05) is 26.0 Å². The average molecular weight is 262 g/mol. The van der Waals surface area contributed by atoms with Gasteiger partial charge in [0.25, 0.3) is 0 Å². The van der Waals surface area contributed by atoms with E-state index < -0.39 is 0 Å². The van der Waals surface area contributed by atoms with Crippen LogP contribution in [0, 0.1) is 0 Å². The normalized spacial score (nSPS) is 19.7. The van der Waals surface area contributed by atoms with E-state index >= 15 is 0 Å². The summed E-state index contributed by atoms with van der Waals surface area (Å²) in [5.74, 6) is 0.497. The van der Waals surface area contributed by atoms with Crippen LogP contribution in [0.15, 0.2) is 24.3 Å². The third kappa shape index (κ3) is 3.26. The van der Waals surface area contributed by atoms with Crippen LogP contribution in [0.25, 0.3) is 0 Å². The zero-order valence-electron chi connectivity index (χ0n) is 11.6. The van der Waals surface area contributed by atoms with Crippen molar-refractivity contribution in [1.82, 2.24) is 0 Å². The summed E-state index contributed by atoms with van der Waals surface area (Å²) >= 11 is 0. The zero-order valence-corrected chi connectivity index (χ0v) is 11.6. The second-order valence-corrected chi connectivity index (χ2v) is 5.27. The Morgan fingerprint density at radius 2 is 2.05 bits per heavy atom. The van der Waals surface area contributed by atoms with E-state index in [4.69, 9.17) is 10.5 Å². The highest BCUT2D eigenvalue weighted by molar-refractivity contribution is 5.88. The molecule has 1 fully saturated rings. The number of amides is 1. The molecule has 2 N–H and O–H groups in total. The van der Waals surface area contributed by atoms with Gasteiger partial charge in [0.1, 0.15) is 6.10 Å². The fourth-order valence-electron chi connectivity index (χ4n) is 2.29. The monoisotopic (exact) mass is 262 g/mol. The lowest BCUT2D eigenvalue weighted by atomic mass is 10.0. The van der Waals surface area contributed by atoms with Crippen molar-refractivity contribution in [3.63, 3.8) is 0 Å². The largest absolute Gasteiger partial charge is 0.446 e. The molecule has 1 aliphatic rings. The lowest BCUT2D eigenvalue weighted by Gasteiger charge is -2.31. The van der Waals surface area contributed by atoms with E-state index in [2.05, 4.69) is 26.0 Å². The number of hydrogen-bond donors (Lipinski definition) is 1. The molecule has 0 aliphatic carbocycles. The highest BCUT2D eigenvalue weighted by atomic mass is 16.6. The Bertz CT molecular complexity index is 428. The average Bonchev–Trinajstić information content (AvgIpc) is 2.39. The number of nitrogens with zero attached hydrogens (tertiary/aromatic N) is 1. The predicted molar refractivity (Wildman–Crippen MR) is 76.4 cm³/mol. The van der Waals surface area contributed by atoms with E-state index in [1.807, 2.05) is 12.1 Å². The maximum Gasteiger partial charge on any atom is 0.414 e. The Morgan fingerprint density at radius 1 is 1.37 bits per heavy atom. The molecule has 104 valence electrons. The number of benzene rings is 1. The number of carbonyl (C=O) groups is 1. The highest BCUT2D eigenvalue weighted by Crippen LogP contribution is 2.24. The summed E-state index contributed by atoms with van der Waals surface area (Å²) in [5, 5.41) is 0. The first-order valence-electron chi connectivity index (χ1n) is 6.90. The van der Waals surface area contributed by atoms with Gasteiger partial charge in [0.05, 0.1) is 0 Å². The summed E-state index contributed by atoms with van der Waals surface area (Å²) in [5.41, 5.74) is 7.67. The summed E-state index contributed by atoms with van der Waals surface area (Å²) in [6.07, 6.45) is 1.30. The molecule has 1 amide bonds. The van der Waals surface area contributed by atoms with Gasteiger partial charge >= 0.3 is 6.09 Å². The first-order chi connectivity index (χ1) is 9.11. The van der Waals surface area contributed by atoms with Crippen LogP contribution in [-0.4, -0.2) is 25.3 Å². The molecule has 1 unspecified atom stereocenters. The first kappa shape index (κ1) is 13.9. The number of rotatable bonds is 4. The van der Waals surface area contributed by atoms with E-state index in [0.717, 1.165) is 18.5 Å². The molecule has 19 heavy (non-hydrogen) atoms. The minimum Gasteiger partial charge on any atom is -0.446 e. The Balaban J connectivity index is 2.04. The summed E-state index contributed by atoms with van der Waals surface area (Å²) < 4.78 is 5.38. The number of nitrogens with two attached hydrogens (primary N) is 1. The first-order valence-corrected chi connectivity index (χ1v) is 6.90. The number of hydrogen-bond acceptors (Lipinski definition) is 3. The number of ether oxygens (including phenoxy) is 1. The summed E-state index contributed by atoms with van der Waals surface area (Å²) in [7, 11) is 0. The van der Waals surface area contributed by atoms with Crippen LogP contribution < -0.4 is 10.6 Å². The number of cyclic esters (lactones) is 1. The molecule has 1 atom stereocenters. The van der Waals surface area contributed by atoms with Gasteiger partial charge in [-0.3, -0.25) is 4.90 Å². The minimum atomic E-state index is -0.262. The standard InChI is InChI=1S/C15H22N2O2/c1-11(2)12-3-5-13(6-4-12)17-10-8-14(7-9-16)19-15(17)18/h3-6,11,14H,7-10,16H2,1-2H3. The second-order valence-electron chi connectivity index (χ2n) is 5.27. The van der Waals surface area contributed by atoms with Crippen molar-refractivity contribution in [1.29, 1.82) is 0 Å². The fourth-order valence-corrected chi connectivity index (χ4v) is 2.29. The van der Waals surface area contributed by atoms with Gasteiger partial charge in [0.2, 0.25) is 0 Å². The highest BCUT2D eigenvalue weighted by Gasteiger charge is 2.27. The van der Waals surface area contributed by atoms with Crippen molar-refractivity contribution in [2.45, 2.75) is 38.7 Å². The van der Waals surface area contributed by atoms with E-state index in [0.29, 0.717) is 19.0 Å². The SMILES string of the molecule is CC(C)c1ccc(N2CCC(CCN)OC2=O)cc1. The van der Waals surface area contributed by atoms with Crippen molar-refractivity contribution in [3.8, 4) is 0 Å². The van der Waals surface area contributed by atoms with E-state index in [-0.39, 0.29) is 12.2 Å². The molecule has 1 saturated heterocycles. The molecule has 0 radical (unpaired) electrons. The smallest absolute Gasteiger partial charge is 0.414 e. The van der Waals surface area contributed by atoms with Crippen LogP contribution in [0.4, 0.5) is 10.5 Å². The predicted octanol–water partition coefficient (Wildman–Crippen LogP) is 2.87. The van der Waals surface area contributed by atoms with Crippen molar-refractivity contribution in [2.75, 3.05) is 18.0 Å². The fraction of sp³-hybridized carbons (Fsp3) is 0.533. The van der Waals surface area contributed by atoms with Crippen molar-refractivity contribution in [2.24, 2.45) is 5.73 Å². The molecular formula is C15H22N2O2. The van der Waals surface area contributed by atoms with Crippen LogP contribution in [0.3, 0.4) is 0 Å². The number of carbonyl (C=O) groups excluding carboxylic acids is 1. The van der Waals surface area contributed by atoms with Crippen LogP contribution in [-0.2, 0) is 4.74 Å². The molecular weight excluding hydrogens is 240 g/mol. The van der Waals surface area contributed by atoms with Gasteiger partial charge < -0.3 is 10.5 Å². The molecule has 1 aromatic rings. The molecule has 1 aliphatic heterocycles. The molecule has 4 heteroatoms. The molecule has 2 rings (SSSR count). The van der Waals surface area contributed by atoms with Crippen LogP contribution in [0.1, 0.15) is 38.2 Å². The van der Waals surface area contributed by atoms with Gasteiger partial charge in [-0.15, -0.1) is 0 Å². The van der Waals surface area contributed by atoms with Gasteiger partial charge in [0, 0.05) is 18.7 Å². The molecule has 1 aromatic carbocycles. The van der Waals surface area contributed by atoms with Crippen LogP contribution >= 0.6 is 0 Å². The second kappa shape index (κ2) is 6.06. The third-order valence-corrected chi connectivity index (χ3v) is 3.52. The Hall–Kier alpha value is -1.55. The van der Waals surface area contributed by atoms with E-state index in [9.17, 15) is 4.79 Å². The molecule has 1 heterocycles. The van der Waals surface area contributed by atoms with Crippen LogP contribution in [0.2, 0.25) is 0 Å². The summed E-state index contributed by atoms with van der Waals surface area (Å²) in [6, 6.07) is 8.11.